The van der Waals surface area contributed by atoms with Gasteiger partial charge in [0.1, 0.15) is 18.3 Å². The summed E-state index contributed by atoms with van der Waals surface area (Å²) in [5.41, 5.74) is 2.05. The number of carbonyl (C=O) groups is 2. The lowest BCUT2D eigenvalue weighted by Gasteiger charge is -2.34. The van der Waals surface area contributed by atoms with Crippen LogP contribution in [0.1, 0.15) is 31.4 Å². The first kappa shape index (κ1) is 29.7. The van der Waals surface area contributed by atoms with Crippen molar-refractivity contribution in [2.45, 2.75) is 45.3 Å². The van der Waals surface area contributed by atoms with Gasteiger partial charge < -0.3 is 15.0 Å². The normalized spacial score (nSPS) is 12.7. The van der Waals surface area contributed by atoms with Crippen LogP contribution in [0.25, 0.3) is 0 Å². The summed E-state index contributed by atoms with van der Waals surface area (Å²) in [4.78, 5) is 29.1. The Bertz CT molecular complexity index is 1320. The Kier molecular flexibility index (Phi) is 10.5. The minimum Gasteiger partial charge on any atom is -0.497 e. The standard InChI is InChI=1S/C30H37N3O5S/c1-5-23(2)31-30(35)28(20-24-12-8-6-9-13-24)32(21-25-14-10-7-11-15-25)29(34)22-33(39(4,36)37)26-16-18-27(38-3)19-17-26/h6-19,23,28H,5,20-22H2,1-4H3,(H,31,35)/t23-,28-/m0/s1. The van der Waals surface area contributed by atoms with Crippen LogP contribution in [0, 0.1) is 0 Å². The fourth-order valence-corrected chi connectivity index (χ4v) is 4.99. The van der Waals surface area contributed by atoms with Gasteiger partial charge in [-0.3, -0.25) is 13.9 Å². The number of hydrogen-bond donors (Lipinski definition) is 1. The molecule has 0 bridgehead atoms. The molecule has 0 aliphatic rings. The molecule has 8 nitrogen and oxygen atoms in total. The van der Waals surface area contributed by atoms with Crippen LogP contribution < -0.4 is 14.4 Å². The summed E-state index contributed by atoms with van der Waals surface area (Å²) < 4.78 is 31.9. The third kappa shape index (κ3) is 8.58. The lowest BCUT2D eigenvalue weighted by molar-refractivity contribution is -0.140. The molecule has 0 aromatic heterocycles. The van der Waals surface area contributed by atoms with Crippen molar-refractivity contribution in [2.75, 3.05) is 24.2 Å². The van der Waals surface area contributed by atoms with Gasteiger partial charge in [-0.25, -0.2) is 8.42 Å². The van der Waals surface area contributed by atoms with Gasteiger partial charge in [0.25, 0.3) is 0 Å². The van der Waals surface area contributed by atoms with E-state index in [9.17, 15) is 18.0 Å². The van der Waals surface area contributed by atoms with E-state index in [1.165, 1.54) is 12.0 Å². The molecule has 0 radical (unpaired) electrons. The number of methoxy groups -OCH3 is 1. The number of nitrogens with zero attached hydrogens (tertiary/aromatic N) is 2. The maximum absolute atomic E-state index is 14.0. The second-order valence-electron chi connectivity index (χ2n) is 9.50. The highest BCUT2D eigenvalue weighted by molar-refractivity contribution is 7.92. The molecule has 3 rings (SSSR count). The van der Waals surface area contributed by atoms with E-state index in [-0.39, 0.29) is 24.9 Å². The van der Waals surface area contributed by atoms with Crippen LogP contribution in [0.5, 0.6) is 5.75 Å². The molecular weight excluding hydrogens is 514 g/mol. The van der Waals surface area contributed by atoms with E-state index in [0.29, 0.717) is 11.4 Å². The fraction of sp³-hybridized carbons (Fsp3) is 0.333. The van der Waals surface area contributed by atoms with Crippen LogP contribution in [0.3, 0.4) is 0 Å². The predicted molar refractivity (Wildman–Crippen MR) is 154 cm³/mol. The highest BCUT2D eigenvalue weighted by Gasteiger charge is 2.33. The summed E-state index contributed by atoms with van der Waals surface area (Å²) in [7, 11) is -2.30. The maximum atomic E-state index is 14.0. The highest BCUT2D eigenvalue weighted by Crippen LogP contribution is 2.23. The Labute approximate surface area is 231 Å². The molecule has 0 fully saturated rings. The summed E-state index contributed by atoms with van der Waals surface area (Å²) in [6.07, 6.45) is 2.07. The van der Waals surface area contributed by atoms with Crippen molar-refractivity contribution in [3.8, 4) is 5.75 Å². The Hall–Kier alpha value is -3.85. The second-order valence-corrected chi connectivity index (χ2v) is 11.4. The second kappa shape index (κ2) is 13.8. The molecule has 1 N–H and O–H groups in total. The van der Waals surface area contributed by atoms with E-state index in [4.69, 9.17) is 4.74 Å². The molecule has 0 unspecified atom stereocenters. The molecule has 0 saturated carbocycles. The highest BCUT2D eigenvalue weighted by atomic mass is 32.2. The zero-order chi connectivity index (χ0) is 28.4. The predicted octanol–water partition coefficient (Wildman–Crippen LogP) is 4.02. The summed E-state index contributed by atoms with van der Waals surface area (Å²) in [5.74, 6) is -0.206. The molecule has 0 spiro atoms. The minimum atomic E-state index is -3.82. The van der Waals surface area contributed by atoms with Crippen LogP contribution in [0.15, 0.2) is 84.9 Å². The van der Waals surface area contributed by atoms with Gasteiger partial charge in [0, 0.05) is 19.0 Å². The van der Waals surface area contributed by atoms with E-state index in [0.717, 1.165) is 28.1 Å². The largest absolute Gasteiger partial charge is 0.497 e. The number of benzene rings is 3. The van der Waals surface area contributed by atoms with Crippen LogP contribution in [-0.4, -0.2) is 57.1 Å². The molecule has 0 aliphatic carbocycles. The number of carbonyl (C=O) groups excluding carboxylic acids is 2. The molecule has 0 heterocycles. The lowest BCUT2D eigenvalue weighted by Crippen LogP contribution is -2.54. The molecule has 3 aromatic rings. The van der Waals surface area contributed by atoms with Crippen molar-refractivity contribution in [2.24, 2.45) is 0 Å². The van der Waals surface area contributed by atoms with Gasteiger partial charge in [-0.2, -0.15) is 0 Å². The van der Waals surface area contributed by atoms with Gasteiger partial charge >= 0.3 is 0 Å². The zero-order valence-corrected chi connectivity index (χ0v) is 23.7. The SMILES string of the molecule is CC[C@H](C)NC(=O)[C@H](Cc1ccccc1)N(Cc1ccccc1)C(=O)CN(c1ccc(OC)cc1)S(C)(=O)=O. The first-order chi connectivity index (χ1) is 18.6. The van der Waals surface area contributed by atoms with E-state index in [2.05, 4.69) is 5.32 Å². The van der Waals surface area contributed by atoms with Gasteiger partial charge in [0.05, 0.1) is 19.1 Å². The van der Waals surface area contributed by atoms with Crippen molar-refractivity contribution < 1.29 is 22.7 Å². The van der Waals surface area contributed by atoms with Gasteiger partial charge in [0.15, 0.2) is 0 Å². The molecule has 0 aliphatic heterocycles. The number of sulfonamides is 1. The molecule has 0 saturated heterocycles. The Morgan fingerprint density at radius 1 is 0.897 bits per heavy atom. The first-order valence-corrected chi connectivity index (χ1v) is 14.8. The van der Waals surface area contributed by atoms with E-state index in [1.807, 2.05) is 74.5 Å². The average molecular weight is 552 g/mol. The van der Waals surface area contributed by atoms with Gasteiger partial charge in [0.2, 0.25) is 21.8 Å². The maximum Gasteiger partial charge on any atom is 0.244 e. The van der Waals surface area contributed by atoms with Crippen molar-refractivity contribution in [1.29, 1.82) is 0 Å². The van der Waals surface area contributed by atoms with Gasteiger partial charge in [-0.1, -0.05) is 67.6 Å². The zero-order valence-electron chi connectivity index (χ0n) is 22.9. The van der Waals surface area contributed by atoms with E-state index in [1.54, 1.807) is 24.3 Å². The molecule has 9 heteroatoms. The number of nitrogens with one attached hydrogen (secondary N) is 1. The minimum absolute atomic E-state index is 0.0868. The average Bonchev–Trinajstić information content (AvgIpc) is 2.94. The molecule has 3 aromatic carbocycles. The molecule has 39 heavy (non-hydrogen) atoms. The van der Waals surface area contributed by atoms with Gasteiger partial charge in [-0.05, 0) is 48.7 Å². The van der Waals surface area contributed by atoms with Crippen molar-refractivity contribution >= 4 is 27.5 Å². The van der Waals surface area contributed by atoms with E-state index >= 15 is 0 Å². The topological polar surface area (TPSA) is 96.0 Å². The summed E-state index contributed by atoms with van der Waals surface area (Å²) in [6.45, 7) is 3.57. The number of rotatable bonds is 13. The Morgan fingerprint density at radius 2 is 1.46 bits per heavy atom. The molecular formula is C30H37N3O5S. The first-order valence-electron chi connectivity index (χ1n) is 12.9. The van der Waals surface area contributed by atoms with Crippen LogP contribution in [0.2, 0.25) is 0 Å². The van der Waals surface area contributed by atoms with Crippen LogP contribution in [0.4, 0.5) is 5.69 Å². The Balaban J connectivity index is 2.02. The number of hydrogen-bond acceptors (Lipinski definition) is 5. The third-order valence-corrected chi connectivity index (χ3v) is 7.65. The summed E-state index contributed by atoms with van der Waals surface area (Å²) in [6, 6.07) is 24.4. The summed E-state index contributed by atoms with van der Waals surface area (Å²) in [5, 5.41) is 3.02. The van der Waals surface area contributed by atoms with Crippen LogP contribution >= 0.6 is 0 Å². The van der Waals surface area contributed by atoms with Gasteiger partial charge in [-0.15, -0.1) is 0 Å². The van der Waals surface area contributed by atoms with Crippen molar-refractivity contribution in [3.05, 3.63) is 96.1 Å². The number of amides is 2. The fourth-order valence-electron chi connectivity index (χ4n) is 4.14. The quantitative estimate of drug-likeness (QED) is 0.346. The molecule has 2 amide bonds. The van der Waals surface area contributed by atoms with E-state index < -0.39 is 28.5 Å². The Morgan fingerprint density at radius 3 is 1.97 bits per heavy atom. The number of ether oxygens (including phenoxy) is 1. The van der Waals surface area contributed by atoms with Crippen LogP contribution in [-0.2, 0) is 32.6 Å². The molecule has 208 valence electrons. The number of anilines is 1. The monoisotopic (exact) mass is 551 g/mol. The lowest BCUT2D eigenvalue weighted by atomic mass is 10.0. The third-order valence-electron chi connectivity index (χ3n) is 6.51. The molecule has 2 atom stereocenters. The van der Waals surface area contributed by atoms with Crippen molar-refractivity contribution in [1.82, 2.24) is 10.2 Å². The smallest absolute Gasteiger partial charge is 0.244 e. The summed E-state index contributed by atoms with van der Waals surface area (Å²) >= 11 is 0. The van der Waals surface area contributed by atoms with Crippen molar-refractivity contribution in [3.63, 3.8) is 0 Å².